The molecule has 0 spiro atoms. The van der Waals surface area contributed by atoms with Gasteiger partial charge in [-0.2, -0.15) is 0 Å². The third-order valence-corrected chi connectivity index (χ3v) is 4.60. The van der Waals surface area contributed by atoms with Gasteiger partial charge in [-0.05, 0) is 37.3 Å². The van der Waals surface area contributed by atoms with Crippen LogP contribution in [0.5, 0.6) is 0 Å². The van der Waals surface area contributed by atoms with Gasteiger partial charge in [-0.3, -0.25) is 0 Å². The summed E-state index contributed by atoms with van der Waals surface area (Å²) in [6, 6.07) is 8.78. The van der Waals surface area contributed by atoms with Crippen molar-refractivity contribution in [1.82, 2.24) is 14.9 Å². The third-order valence-electron chi connectivity index (χ3n) is 4.60. The number of aliphatic hydroxyl groups excluding tert-OH is 1. The molecular formula is C17H25N3O. The molecule has 0 radical (unpaired) electrons. The molecule has 2 unspecified atom stereocenters. The molecule has 1 aliphatic rings. The highest BCUT2D eigenvalue weighted by atomic mass is 16.3. The van der Waals surface area contributed by atoms with Crippen molar-refractivity contribution in [3.63, 3.8) is 0 Å². The Morgan fingerprint density at radius 2 is 2.19 bits per heavy atom. The zero-order valence-electron chi connectivity index (χ0n) is 12.8. The number of aryl methyl sites for hydroxylation is 1. The van der Waals surface area contributed by atoms with E-state index in [1.165, 1.54) is 18.4 Å². The number of rotatable bonds is 6. The van der Waals surface area contributed by atoms with Crippen molar-refractivity contribution >= 4 is 11.0 Å². The van der Waals surface area contributed by atoms with Gasteiger partial charge in [0.05, 0.1) is 17.6 Å². The Morgan fingerprint density at radius 3 is 3.00 bits per heavy atom. The first-order valence-electron chi connectivity index (χ1n) is 8.12. The van der Waals surface area contributed by atoms with Crippen molar-refractivity contribution < 1.29 is 5.11 Å². The summed E-state index contributed by atoms with van der Waals surface area (Å²) in [5.41, 5.74) is 2.30. The average Bonchev–Trinajstić information content (AvgIpc) is 3.10. The number of para-hydroxylation sites is 2. The van der Waals surface area contributed by atoms with Crippen molar-refractivity contribution in [3.8, 4) is 0 Å². The van der Waals surface area contributed by atoms with Gasteiger partial charge in [0.1, 0.15) is 5.82 Å². The number of hydrogen-bond acceptors (Lipinski definition) is 3. The molecule has 0 bridgehead atoms. The van der Waals surface area contributed by atoms with E-state index < -0.39 is 0 Å². The number of benzene rings is 1. The molecule has 1 saturated carbocycles. The van der Waals surface area contributed by atoms with Crippen molar-refractivity contribution in [2.45, 2.75) is 51.7 Å². The highest BCUT2D eigenvalue weighted by molar-refractivity contribution is 5.75. The largest absolute Gasteiger partial charge is 0.396 e. The second-order valence-electron chi connectivity index (χ2n) is 6.03. The van der Waals surface area contributed by atoms with E-state index in [4.69, 9.17) is 4.98 Å². The Bertz CT molecular complexity index is 593. The maximum Gasteiger partial charge on any atom is 0.123 e. The number of nitrogens with one attached hydrogen (secondary N) is 1. The number of nitrogens with zero attached hydrogens (tertiary/aromatic N) is 2. The first kappa shape index (κ1) is 14.5. The van der Waals surface area contributed by atoms with Crippen molar-refractivity contribution in [1.29, 1.82) is 0 Å². The van der Waals surface area contributed by atoms with E-state index in [1.807, 2.05) is 6.07 Å². The van der Waals surface area contributed by atoms with Gasteiger partial charge in [-0.1, -0.05) is 25.5 Å². The fourth-order valence-electron chi connectivity index (χ4n) is 3.48. The summed E-state index contributed by atoms with van der Waals surface area (Å²) in [5, 5.41) is 13.0. The van der Waals surface area contributed by atoms with Crippen LogP contribution in [0.1, 0.15) is 38.4 Å². The molecule has 0 saturated heterocycles. The first-order valence-corrected chi connectivity index (χ1v) is 8.12. The smallest absolute Gasteiger partial charge is 0.123 e. The van der Waals surface area contributed by atoms with Crippen LogP contribution in [0.2, 0.25) is 0 Å². The quantitative estimate of drug-likeness (QED) is 0.859. The molecule has 114 valence electrons. The molecule has 3 rings (SSSR count). The zero-order valence-corrected chi connectivity index (χ0v) is 12.8. The summed E-state index contributed by atoms with van der Waals surface area (Å²) in [7, 11) is 0. The molecule has 1 aromatic carbocycles. The Balaban J connectivity index is 1.78. The van der Waals surface area contributed by atoms with Gasteiger partial charge in [0.15, 0.2) is 0 Å². The molecule has 1 aromatic heterocycles. The maximum atomic E-state index is 9.43. The normalized spacial score (nSPS) is 22.2. The molecule has 1 aliphatic carbocycles. The van der Waals surface area contributed by atoms with E-state index in [-0.39, 0.29) is 0 Å². The minimum Gasteiger partial charge on any atom is -0.396 e. The monoisotopic (exact) mass is 287 g/mol. The second kappa shape index (κ2) is 6.58. The predicted octanol–water partition coefficient (Wildman–Crippen LogP) is 2.70. The summed E-state index contributed by atoms with van der Waals surface area (Å²) < 4.78 is 2.32. The predicted molar refractivity (Wildman–Crippen MR) is 85.1 cm³/mol. The lowest BCUT2D eigenvalue weighted by molar-refractivity contribution is 0.204. The molecule has 2 atom stereocenters. The fraction of sp³-hybridized carbons (Fsp3) is 0.588. The number of aromatic nitrogens is 2. The molecule has 0 amide bonds. The van der Waals surface area contributed by atoms with E-state index in [1.54, 1.807) is 0 Å². The standard InChI is InChI=1S/C17H25N3O/c1-2-10-20-16-9-4-3-7-15(16)19-17(20)11-18-14-8-5-6-13(14)12-21/h3-4,7,9,13-14,18,21H,2,5-6,8,10-12H2,1H3. The number of fused-ring (bicyclic) bond motifs is 1. The molecule has 2 aromatic rings. The van der Waals surface area contributed by atoms with Crippen LogP contribution in [-0.4, -0.2) is 27.3 Å². The summed E-state index contributed by atoms with van der Waals surface area (Å²) >= 11 is 0. The minimum atomic E-state index is 0.295. The topological polar surface area (TPSA) is 50.1 Å². The Morgan fingerprint density at radius 1 is 1.33 bits per heavy atom. The van der Waals surface area contributed by atoms with Crippen LogP contribution in [-0.2, 0) is 13.1 Å². The third kappa shape index (κ3) is 2.97. The fourth-order valence-corrected chi connectivity index (χ4v) is 3.48. The minimum absolute atomic E-state index is 0.295. The van der Waals surface area contributed by atoms with Gasteiger partial charge in [0.2, 0.25) is 0 Å². The van der Waals surface area contributed by atoms with Gasteiger partial charge in [-0.25, -0.2) is 4.98 Å². The molecule has 4 nitrogen and oxygen atoms in total. The van der Waals surface area contributed by atoms with Crippen LogP contribution in [0, 0.1) is 5.92 Å². The molecule has 1 fully saturated rings. The van der Waals surface area contributed by atoms with Crippen molar-refractivity contribution in [2.75, 3.05) is 6.61 Å². The lowest BCUT2D eigenvalue weighted by Crippen LogP contribution is -2.34. The van der Waals surface area contributed by atoms with E-state index in [0.29, 0.717) is 18.6 Å². The summed E-state index contributed by atoms with van der Waals surface area (Å²) in [4.78, 5) is 4.78. The van der Waals surface area contributed by atoms with E-state index >= 15 is 0 Å². The summed E-state index contributed by atoms with van der Waals surface area (Å²) in [6.45, 7) is 4.29. The van der Waals surface area contributed by atoms with Gasteiger partial charge in [0, 0.05) is 19.2 Å². The van der Waals surface area contributed by atoms with E-state index in [0.717, 1.165) is 37.3 Å². The maximum absolute atomic E-state index is 9.43. The van der Waals surface area contributed by atoms with Gasteiger partial charge < -0.3 is 15.0 Å². The zero-order chi connectivity index (χ0) is 14.7. The van der Waals surface area contributed by atoms with Crippen molar-refractivity contribution in [3.05, 3.63) is 30.1 Å². The lowest BCUT2D eigenvalue weighted by atomic mass is 10.1. The highest BCUT2D eigenvalue weighted by Gasteiger charge is 2.26. The highest BCUT2D eigenvalue weighted by Crippen LogP contribution is 2.25. The van der Waals surface area contributed by atoms with Crippen molar-refractivity contribution in [2.24, 2.45) is 5.92 Å². The number of hydrogen-bond donors (Lipinski definition) is 2. The van der Waals surface area contributed by atoms with E-state index in [9.17, 15) is 5.11 Å². The number of aliphatic hydroxyl groups is 1. The summed E-state index contributed by atoms with van der Waals surface area (Å²) in [5.74, 6) is 1.52. The van der Waals surface area contributed by atoms with Crippen LogP contribution in [0.25, 0.3) is 11.0 Å². The van der Waals surface area contributed by atoms with Crippen LogP contribution >= 0.6 is 0 Å². The van der Waals surface area contributed by atoms with Crippen LogP contribution in [0.15, 0.2) is 24.3 Å². The molecule has 4 heteroatoms. The summed E-state index contributed by atoms with van der Waals surface area (Å²) in [6.07, 6.45) is 4.63. The molecule has 2 N–H and O–H groups in total. The number of imidazole rings is 1. The van der Waals surface area contributed by atoms with Gasteiger partial charge >= 0.3 is 0 Å². The molecule has 21 heavy (non-hydrogen) atoms. The molecular weight excluding hydrogens is 262 g/mol. The van der Waals surface area contributed by atoms with Crippen LogP contribution in [0.4, 0.5) is 0 Å². The second-order valence-corrected chi connectivity index (χ2v) is 6.03. The Labute approximate surface area is 126 Å². The van der Waals surface area contributed by atoms with E-state index in [2.05, 4.69) is 35.0 Å². The van der Waals surface area contributed by atoms with Crippen LogP contribution < -0.4 is 5.32 Å². The Hall–Kier alpha value is -1.39. The average molecular weight is 287 g/mol. The SMILES string of the molecule is CCCn1c(CNC2CCCC2CO)nc2ccccc21. The van der Waals surface area contributed by atoms with Gasteiger partial charge in [-0.15, -0.1) is 0 Å². The molecule has 1 heterocycles. The first-order chi connectivity index (χ1) is 10.3. The molecule has 0 aliphatic heterocycles. The van der Waals surface area contributed by atoms with Crippen LogP contribution in [0.3, 0.4) is 0 Å². The Kier molecular flexibility index (Phi) is 4.56. The lowest BCUT2D eigenvalue weighted by Gasteiger charge is -2.19. The van der Waals surface area contributed by atoms with Gasteiger partial charge in [0.25, 0.3) is 0 Å².